The molecule has 0 aromatic heterocycles. The van der Waals surface area contributed by atoms with Crippen LogP contribution in [0.15, 0.2) is 36.4 Å². The zero-order valence-corrected chi connectivity index (χ0v) is 15.5. The van der Waals surface area contributed by atoms with Crippen LogP contribution < -0.4 is 5.32 Å². The lowest BCUT2D eigenvalue weighted by atomic mass is 9.86. The van der Waals surface area contributed by atoms with Gasteiger partial charge in [0.25, 0.3) is 0 Å². The standard InChI is InChI=1S/C21H20F4N2O2/c22-15-3-1-2-13(8-15)20(14-9-16(23)19(25)17(24)10-14)26-21(28)29-18-11-27-6-4-12(18)5-7-27/h1-3,8-10,12,18,20H,4-7,11H2,(H,26,28)/t18-,20?/m0/s1. The molecule has 29 heavy (non-hydrogen) atoms. The Bertz CT molecular complexity index is 892. The molecule has 2 aromatic carbocycles. The molecule has 2 atom stereocenters. The van der Waals surface area contributed by atoms with E-state index in [1.165, 1.54) is 18.2 Å². The highest BCUT2D eigenvalue weighted by atomic mass is 19.2. The molecule has 3 aliphatic heterocycles. The van der Waals surface area contributed by atoms with Crippen LogP contribution in [-0.2, 0) is 4.74 Å². The molecule has 2 bridgehead atoms. The van der Waals surface area contributed by atoms with Crippen molar-refractivity contribution in [1.29, 1.82) is 0 Å². The molecule has 154 valence electrons. The summed E-state index contributed by atoms with van der Waals surface area (Å²) in [4.78, 5) is 14.8. The fourth-order valence-corrected chi connectivity index (χ4v) is 4.12. The van der Waals surface area contributed by atoms with Crippen molar-refractivity contribution in [3.63, 3.8) is 0 Å². The van der Waals surface area contributed by atoms with E-state index < -0.39 is 35.4 Å². The summed E-state index contributed by atoms with van der Waals surface area (Å²) in [6.45, 7) is 2.60. The number of halogens is 4. The molecule has 2 aromatic rings. The van der Waals surface area contributed by atoms with Gasteiger partial charge in [-0.15, -0.1) is 0 Å². The minimum Gasteiger partial charge on any atom is -0.445 e. The van der Waals surface area contributed by atoms with Crippen LogP contribution in [0.4, 0.5) is 22.4 Å². The van der Waals surface area contributed by atoms with Gasteiger partial charge in [0.2, 0.25) is 0 Å². The van der Waals surface area contributed by atoms with Crippen LogP contribution >= 0.6 is 0 Å². The molecular weight excluding hydrogens is 388 g/mol. The minimum absolute atomic E-state index is 0.0575. The van der Waals surface area contributed by atoms with Crippen LogP contribution in [0, 0.1) is 29.2 Å². The molecule has 0 saturated carbocycles. The maximum Gasteiger partial charge on any atom is 0.408 e. The normalized spacial score (nSPS) is 24.2. The summed E-state index contributed by atoms with van der Waals surface area (Å²) in [5.41, 5.74) is 0.194. The smallest absolute Gasteiger partial charge is 0.408 e. The Kier molecular flexibility index (Phi) is 5.45. The number of ether oxygens (including phenoxy) is 1. The number of rotatable bonds is 4. The molecule has 1 unspecified atom stereocenters. The first-order valence-corrected chi connectivity index (χ1v) is 9.50. The number of piperidine rings is 3. The van der Waals surface area contributed by atoms with Gasteiger partial charge in [0.05, 0.1) is 6.04 Å². The second-order valence-corrected chi connectivity index (χ2v) is 7.51. The first-order chi connectivity index (χ1) is 13.9. The SMILES string of the molecule is O=C(NC(c1cccc(F)c1)c1cc(F)c(F)c(F)c1)O[C@H]1CN2CCC1CC2. The van der Waals surface area contributed by atoms with Crippen molar-refractivity contribution < 1.29 is 27.1 Å². The summed E-state index contributed by atoms with van der Waals surface area (Å²) in [7, 11) is 0. The van der Waals surface area contributed by atoms with E-state index in [1.807, 2.05) is 0 Å². The van der Waals surface area contributed by atoms with Gasteiger partial charge in [-0.2, -0.15) is 0 Å². The molecular formula is C21H20F4N2O2. The fraction of sp³-hybridized carbons (Fsp3) is 0.381. The van der Waals surface area contributed by atoms with Gasteiger partial charge in [-0.3, -0.25) is 4.90 Å². The van der Waals surface area contributed by atoms with E-state index in [0.29, 0.717) is 6.54 Å². The second kappa shape index (κ2) is 8.02. The first-order valence-electron chi connectivity index (χ1n) is 9.50. The van der Waals surface area contributed by atoms with E-state index in [1.54, 1.807) is 0 Å². The van der Waals surface area contributed by atoms with Gasteiger partial charge in [-0.05, 0) is 67.2 Å². The maximum absolute atomic E-state index is 13.8. The van der Waals surface area contributed by atoms with Gasteiger partial charge in [-0.1, -0.05) is 12.1 Å². The fourth-order valence-electron chi connectivity index (χ4n) is 4.12. The van der Waals surface area contributed by atoms with Gasteiger partial charge in [0.15, 0.2) is 17.5 Å². The van der Waals surface area contributed by atoms with Crippen LogP contribution in [-0.4, -0.2) is 36.7 Å². The molecule has 4 nitrogen and oxygen atoms in total. The third-order valence-electron chi connectivity index (χ3n) is 5.64. The van der Waals surface area contributed by atoms with E-state index in [-0.39, 0.29) is 23.1 Å². The van der Waals surface area contributed by atoms with Crippen molar-refractivity contribution in [3.05, 3.63) is 70.8 Å². The second-order valence-electron chi connectivity index (χ2n) is 7.51. The third-order valence-corrected chi connectivity index (χ3v) is 5.64. The van der Waals surface area contributed by atoms with Crippen LogP contribution in [0.1, 0.15) is 30.0 Å². The van der Waals surface area contributed by atoms with E-state index in [9.17, 15) is 22.4 Å². The number of nitrogens with zero attached hydrogens (tertiary/aromatic N) is 1. The Morgan fingerprint density at radius 2 is 1.72 bits per heavy atom. The van der Waals surface area contributed by atoms with E-state index in [0.717, 1.165) is 44.1 Å². The lowest BCUT2D eigenvalue weighted by molar-refractivity contribution is -0.0336. The first kappa shape index (κ1) is 19.7. The maximum atomic E-state index is 13.8. The van der Waals surface area contributed by atoms with Gasteiger partial charge < -0.3 is 10.1 Å². The molecule has 3 heterocycles. The summed E-state index contributed by atoms with van der Waals surface area (Å²) in [5.74, 6) is -4.70. The van der Waals surface area contributed by atoms with Crippen molar-refractivity contribution in [2.24, 2.45) is 5.92 Å². The highest BCUT2D eigenvalue weighted by Gasteiger charge is 2.37. The van der Waals surface area contributed by atoms with Gasteiger partial charge in [0, 0.05) is 6.54 Å². The molecule has 3 fully saturated rings. The summed E-state index contributed by atoms with van der Waals surface area (Å²) >= 11 is 0. The highest BCUT2D eigenvalue weighted by molar-refractivity contribution is 5.69. The Hall–Kier alpha value is -2.61. The van der Waals surface area contributed by atoms with Crippen molar-refractivity contribution in [1.82, 2.24) is 10.2 Å². The summed E-state index contributed by atoms with van der Waals surface area (Å²) in [5, 5.41) is 2.56. The topological polar surface area (TPSA) is 41.6 Å². The van der Waals surface area contributed by atoms with Crippen molar-refractivity contribution >= 4 is 6.09 Å². The quantitative estimate of drug-likeness (QED) is 0.611. The van der Waals surface area contributed by atoms with Crippen LogP contribution in [0.5, 0.6) is 0 Å². The molecule has 0 aliphatic carbocycles. The van der Waals surface area contributed by atoms with Gasteiger partial charge >= 0.3 is 6.09 Å². The largest absolute Gasteiger partial charge is 0.445 e. The van der Waals surface area contributed by atoms with Crippen molar-refractivity contribution in [2.75, 3.05) is 19.6 Å². The molecule has 0 radical (unpaired) electrons. The summed E-state index contributed by atoms with van der Waals surface area (Å²) in [6, 6.07) is 5.71. The number of amides is 1. The monoisotopic (exact) mass is 408 g/mol. The lowest BCUT2D eigenvalue weighted by Gasteiger charge is -2.43. The molecule has 0 spiro atoms. The van der Waals surface area contributed by atoms with Gasteiger partial charge in [0.1, 0.15) is 11.9 Å². The molecule has 8 heteroatoms. The zero-order chi connectivity index (χ0) is 20.5. The Labute approximate surface area is 165 Å². The summed E-state index contributed by atoms with van der Waals surface area (Å²) in [6.07, 6.45) is 0.842. The number of alkyl carbamates (subject to hydrolysis) is 1. The predicted molar refractivity (Wildman–Crippen MR) is 97.1 cm³/mol. The van der Waals surface area contributed by atoms with E-state index in [2.05, 4.69) is 10.2 Å². The number of carbonyl (C=O) groups is 1. The average Bonchev–Trinajstić information content (AvgIpc) is 2.71. The zero-order valence-electron chi connectivity index (χ0n) is 15.5. The number of nitrogens with one attached hydrogen (secondary N) is 1. The van der Waals surface area contributed by atoms with Crippen molar-refractivity contribution in [3.8, 4) is 0 Å². The number of benzene rings is 2. The average molecular weight is 408 g/mol. The predicted octanol–water partition coefficient (Wildman–Crippen LogP) is 4.15. The van der Waals surface area contributed by atoms with Crippen LogP contribution in [0.2, 0.25) is 0 Å². The van der Waals surface area contributed by atoms with Crippen LogP contribution in [0.25, 0.3) is 0 Å². The molecule has 5 rings (SSSR count). The molecule has 1 N–H and O–H groups in total. The molecule has 1 amide bonds. The van der Waals surface area contributed by atoms with Crippen LogP contribution in [0.3, 0.4) is 0 Å². The van der Waals surface area contributed by atoms with E-state index in [4.69, 9.17) is 4.74 Å². The third kappa shape index (κ3) is 4.22. The van der Waals surface area contributed by atoms with Gasteiger partial charge in [-0.25, -0.2) is 22.4 Å². The Morgan fingerprint density at radius 3 is 2.31 bits per heavy atom. The number of carbonyl (C=O) groups excluding carboxylic acids is 1. The summed E-state index contributed by atoms with van der Waals surface area (Å²) < 4.78 is 60.2. The minimum atomic E-state index is -1.61. The number of hydrogen-bond acceptors (Lipinski definition) is 3. The Morgan fingerprint density at radius 1 is 1.03 bits per heavy atom. The highest BCUT2D eigenvalue weighted by Crippen LogP contribution is 2.30. The molecule has 3 aliphatic rings. The van der Waals surface area contributed by atoms with Crippen molar-refractivity contribution in [2.45, 2.75) is 25.0 Å². The molecule has 3 saturated heterocycles. The van der Waals surface area contributed by atoms with E-state index >= 15 is 0 Å². The Balaban J connectivity index is 1.58. The number of hydrogen-bond donors (Lipinski definition) is 1. The number of fused-ring (bicyclic) bond motifs is 3. The lowest BCUT2D eigenvalue weighted by Crippen LogP contribution is -2.52.